The Hall–Kier alpha value is -2.22. The van der Waals surface area contributed by atoms with Gasteiger partial charge < -0.3 is 20.9 Å². The molecule has 0 aliphatic carbocycles. The summed E-state index contributed by atoms with van der Waals surface area (Å²) in [6.07, 6.45) is 7.32. The summed E-state index contributed by atoms with van der Waals surface area (Å²) in [7, 11) is 0. The molecular formula is C17H26N6O2. The Morgan fingerprint density at radius 1 is 1.16 bits per heavy atom. The molecule has 1 aromatic rings. The topological polar surface area (TPSA) is 104 Å². The van der Waals surface area contributed by atoms with Crippen molar-refractivity contribution in [3.63, 3.8) is 0 Å². The zero-order chi connectivity index (χ0) is 17.6. The van der Waals surface area contributed by atoms with Gasteiger partial charge in [-0.25, -0.2) is 9.97 Å². The van der Waals surface area contributed by atoms with Crippen LogP contribution in [0.2, 0.25) is 0 Å². The van der Waals surface area contributed by atoms with E-state index in [4.69, 9.17) is 5.73 Å². The molecule has 3 heterocycles. The van der Waals surface area contributed by atoms with Gasteiger partial charge in [0, 0.05) is 45.1 Å². The zero-order valence-corrected chi connectivity index (χ0v) is 14.5. The number of primary amides is 1. The second-order valence-corrected chi connectivity index (χ2v) is 6.76. The second-order valence-electron chi connectivity index (χ2n) is 6.76. The molecule has 2 aliphatic rings. The second kappa shape index (κ2) is 8.24. The molecule has 3 rings (SSSR count). The number of rotatable bonds is 6. The van der Waals surface area contributed by atoms with Crippen molar-refractivity contribution < 1.29 is 9.59 Å². The summed E-state index contributed by atoms with van der Waals surface area (Å²) in [6, 6.07) is 0. The highest BCUT2D eigenvalue weighted by Gasteiger charge is 2.23. The molecule has 1 atom stereocenters. The Labute approximate surface area is 147 Å². The van der Waals surface area contributed by atoms with Crippen LogP contribution >= 0.6 is 0 Å². The number of anilines is 1. The lowest BCUT2D eigenvalue weighted by molar-refractivity contribution is -0.123. The molecule has 136 valence electrons. The molecular weight excluding hydrogens is 320 g/mol. The van der Waals surface area contributed by atoms with Gasteiger partial charge in [-0.15, -0.1) is 0 Å². The average Bonchev–Trinajstić information content (AvgIpc) is 3.17. The molecule has 0 spiro atoms. The van der Waals surface area contributed by atoms with Crippen LogP contribution in [-0.2, 0) is 4.79 Å². The van der Waals surface area contributed by atoms with Crippen molar-refractivity contribution in [1.29, 1.82) is 0 Å². The molecule has 0 bridgehead atoms. The predicted molar refractivity (Wildman–Crippen MR) is 94.2 cm³/mol. The summed E-state index contributed by atoms with van der Waals surface area (Å²) < 4.78 is 0. The monoisotopic (exact) mass is 346 g/mol. The van der Waals surface area contributed by atoms with Crippen molar-refractivity contribution in [3.05, 3.63) is 18.0 Å². The molecule has 2 aliphatic heterocycles. The molecule has 8 heteroatoms. The van der Waals surface area contributed by atoms with E-state index < -0.39 is 0 Å². The minimum absolute atomic E-state index is 0.0732. The SMILES string of the molecule is NC(=O)C1CCCN(CCNC(=O)c2cnc(N3CCCC3)nc2)C1. The van der Waals surface area contributed by atoms with Crippen LogP contribution < -0.4 is 16.0 Å². The minimum Gasteiger partial charge on any atom is -0.369 e. The number of nitrogens with one attached hydrogen (secondary N) is 1. The summed E-state index contributed by atoms with van der Waals surface area (Å²) in [6.45, 7) is 4.81. The van der Waals surface area contributed by atoms with Gasteiger partial charge in [0.05, 0.1) is 11.5 Å². The molecule has 0 aromatic carbocycles. The van der Waals surface area contributed by atoms with Crippen LogP contribution in [-0.4, -0.2) is 66.0 Å². The van der Waals surface area contributed by atoms with Crippen LogP contribution in [0.4, 0.5) is 5.95 Å². The Kier molecular flexibility index (Phi) is 5.80. The number of hydrogen-bond acceptors (Lipinski definition) is 6. The van der Waals surface area contributed by atoms with Crippen LogP contribution in [0, 0.1) is 5.92 Å². The van der Waals surface area contributed by atoms with Crippen LogP contribution in [0.5, 0.6) is 0 Å². The number of aromatic nitrogens is 2. The molecule has 1 unspecified atom stereocenters. The van der Waals surface area contributed by atoms with Gasteiger partial charge in [-0.05, 0) is 32.2 Å². The quantitative estimate of drug-likeness (QED) is 0.751. The Morgan fingerprint density at radius 3 is 2.56 bits per heavy atom. The van der Waals surface area contributed by atoms with Gasteiger partial charge in [-0.2, -0.15) is 0 Å². The third-order valence-corrected chi connectivity index (χ3v) is 4.91. The lowest BCUT2D eigenvalue weighted by Gasteiger charge is -2.31. The molecule has 2 amide bonds. The maximum atomic E-state index is 12.2. The third kappa shape index (κ3) is 4.66. The fourth-order valence-corrected chi connectivity index (χ4v) is 3.44. The highest BCUT2D eigenvalue weighted by molar-refractivity contribution is 5.93. The molecule has 0 saturated carbocycles. The number of amides is 2. The van der Waals surface area contributed by atoms with Crippen molar-refractivity contribution in [2.24, 2.45) is 11.7 Å². The maximum Gasteiger partial charge on any atom is 0.254 e. The van der Waals surface area contributed by atoms with Gasteiger partial charge in [-0.1, -0.05) is 0 Å². The van der Waals surface area contributed by atoms with Crippen molar-refractivity contribution in [2.75, 3.05) is 44.2 Å². The van der Waals surface area contributed by atoms with E-state index in [9.17, 15) is 9.59 Å². The number of nitrogens with two attached hydrogens (primary N) is 1. The van der Waals surface area contributed by atoms with Crippen LogP contribution in [0.15, 0.2) is 12.4 Å². The predicted octanol–water partition coefficient (Wildman–Crippen LogP) is 0.00390. The van der Waals surface area contributed by atoms with Gasteiger partial charge in [0.25, 0.3) is 5.91 Å². The van der Waals surface area contributed by atoms with E-state index in [-0.39, 0.29) is 17.7 Å². The average molecular weight is 346 g/mol. The normalized spacial score (nSPS) is 21.3. The lowest BCUT2D eigenvalue weighted by atomic mass is 9.97. The van der Waals surface area contributed by atoms with Gasteiger partial charge in [0.2, 0.25) is 11.9 Å². The van der Waals surface area contributed by atoms with Crippen LogP contribution in [0.1, 0.15) is 36.0 Å². The maximum absolute atomic E-state index is 12.2. The van der Waals surface area contributed by atoms with Gasteiger partial charge in [-0.3, -0.25) is 9.59 Å². The lowest BCUT2D eigenvalue weighted by Crippen LogP contribution is -2.44. The first-order valence-electron chi connectivity index (χ1n) is 9.00. The number of nitrogens with zero attached hydrogens (tertiary/aromatic N) is 4. The van der Waals surface area contributed by atoms with E-state index in [1.165, 1.54) is 12.8 Å². The highest BCUT2D eigenvalue weighted by Crippen LogP contribution is 2.16. The van der Waals surface area contributed by atoms with Gasteiger partial charge in [0.1, 0.15) is 0 Å². The first-order valence-corrected chi connectivity index (χ1v) is 9.00. The Morgan fingerprint density at radius 2 is 1.88 bits per heavy atom. The number of likely N-dealkylation sites (tertiary alicyclic amines) is 1. The van der Waals surface area contributed by atoms with E-state index in [0.717, 1.165) is 32.5 Å². The van der Waals surface area contributed by atoms with E-state index in [1.807, 2.05) is 0 Å². The number of carbonyl (C=O) groups is 2. The minimum atomic E-state index is -0.232. The Balaban J connectivity index is 1.43. The number of hydrogen-bond donors (Lipinski definition) is 2. The van der Waals surface area contributed by atoms with E-state index in [1.54, 1.807) is 12.4 Å². The van der Waals surface area contributed by atoms with Gasteiger partial charge >= 0.3 is 0 Å². The first-order chi connectivity index (χ1) is 12.1. The summed E-state index contributed by atoms with van der Waals surface area (Å²) in [5.74, 6) is 0.219. The van der Waals surface area contributed by atoms with Crippen molar-refractivity contribution >= 4 is 17.8 Å². The molecule has 8 nitrogen and oxygen atoms in total. The van der Waals surface area contributed by atoms with E-state index in [2.05, 4.69) is 25.1 Å². The standard InChI is InChI=1S/C17H26N6O2/c18-15(24)13-4-3-6-22(12-13)9-5-19-16(25)14-10-20-17(21-11-14)23-7-1-2-8-23/h10-11,13H,1-9,12H2,(H2,18,24)(H,19,25). The molecule has 0 radical (unpaired) electrons. The molecule has 3 N–H and O–H groups in total. The van der Waals surface area contributed by atoms with Gasteiger partial charge in [0.15, 0.2) is 0 Å². The summed E-state index contributed by atoms with van der Waals surface area (Å²) in [5.41, 5.74) is 5.86. The smallest absolute Gasteiger partial charge is 0.254 e. The van der Waals surface area contributed by atoms with Crippen molar-refractivity contribution in [3.8, 4) is 0 Å². The third-order valence-electron chi connectivity index (χ3n) is 4.91. The van der Waals surface area contributed by atoms with Crippen molar-refractivity contribution in [1.82, 2.24) is 20.2 Å². The Bertz CT molecular complexity index is 600. The molecule has 2 fully saturated rings. The van der Waals surface area contributed by atoms with Crippen LogP contribution in [0.3, 0.4) is 0 Å². The highest BCUT2D eigenvalue weighted by atomic mass is 16.2. The number of carbonyl (C=O) groups excluding carboxylic acids is 2. The largest absolute Gasteiger partial charge is 0.369 e. The van der Waals surface area contributed by atoms with Crippen LogP contribution in [0.25, 0.3) is 0 Å². The molecule has 2 saturated heterocycles. The molecule has 25 heavy (non-hydrogen) atoms. The zero-order valence-electron chi connectivity index (χ0n) is 14.5. The summed E-state index contributed by atoms with van der Waals surface area (Å²) in [5, 5.41) is 2.89. The van der Waals surface area contributed by atoms with E-state index >= 15 is 0 Å². The number of piperidine rings is 1. The fraction of sp³-hybridized carbons (Fsp3) is 0.647. The first kappa shape index (κ1) is 17.6. The molecule has 1 aromatic heterocycles. The van der Waals surface area contributed by atoms with Crippen molar-refractivity contribution in [2.45, 2.75) is 25.7 Å². The van der Waals surface area contributed by atoms with E-state index in [0.29, 0.717) is 31.1 Å². The summed E-state index contributed by atoms with van der Waals surface area (Å²) in [4.78, 5) is 36.4. The fourth-order valence-electron chi connectivity index (χ4n) is 3.44. The summed E-state index contributed by atoms with van der Waals surface area (Å²) >= 11 is 0.